The molecular formula is C9H8N2O4S. The number of sulfone groups is 1. The van der Waals surface area contributed by atoms with Gasteiger partial charge in [0.15, 0.2) is 9.84 Å². The lowest BCUT2D eigenvalue weighted by molar-refractivity contribution is -0.384. The van der Waals surface area contributed by atoms with Crippen molar-refractivity contribution in [1.82, 2.24) is 4.98 Å². The first-order valence-electron chi connectivity index (χ1n) is 4.35. The van der Waals surface area contributed by atoms with Gasteiger partial charge in [-0.25, -0.2) is 8.42 Å². The van der Waals surface area contributed by atoms with Gasteiger partial charge in [-0.2, -0.15) is 0 Å². The molecule has 7 heteroatoms. The number of aromatic nitrogens is 1. The summed E-state index contributed by atoms with van der Waals surface area (Å²) in [6.45, 7) is 0. The van der Waals surface area contributed by atoms with E-state index in [-0.39, 0.29) is 10.6 Å². The van der Waals surface area contributed by atoms with Crippen LogP contribution in [0.15, 0.2) is 29.3 Å². The molecule has 84 valence electrons. The quantitative estimate of drug-likeness (QED) is 0.635. The lowest BCUT2D eigenvalue weighted by atomic mass is 10.2. The van der Waals surface area contributed by atoms with Crippen molar-refractivity contribution in [1.29, 1.82) is 0 Å². The van der Waals surface area contributed by atoms with Crippen LogP contribution in [0.25, 0.3) is 10.9 Å². The number of H-pyrrole nitrogens is 1. The van der Waals surface area contributed by atoms with Crippen LogP contribution < -0.4 is 0 Å². The Morgan fingerprint density at radius 1 is 1.38 bits per heavy atom. The molecule has 0 bridgehead atoms. The summed E-state index contributed by atoms with van der Waals surface area (Å²) >= 11 is 0. The number of nitro benzene ring substituents is 1. The van der Waals surface area contributed by atoms with Crippen molar-refractivity contribution in [3.63, 3.8) is 0 Å². The molecular weight excluding hydrogens is 232 g/mol. The minimum Gasteiger partial charge on any atom is -0.360 e. The maximum Gasteiger partial charge on any atom is 0.270 e. The number of nitro groups is 1. The number of aromatic amines is 1. The fourth-order valence-corrected chi connectivity index (χ4v) is 2.34. The highest BCUT2D eigenvalue weighted by Gasteiger charge is 2.16. The molecule has 1 heterocycles. The van der Waals surface area contributed by atoms with Gasteiger partial charge in [-0.3, -0.25) is 10.1 Å². The summed E-state index contributed by atoms with van der Waals surface area (Å²) in [5.74, 6) is 0. The van der Waals surface area contributed by atoms with Gasteiger partial charge in [-0.1, -0.05) is 0 Å². The van der Waals surface area contributed by atoms with Crippen molar-refractivity contribution < 1.29 is 13.3 Å². The highest BCUT2D eigenvalue weighted by Crippen LogP contribution is 2.26. The molecule has 0 aliphatic heterocycles. The predicted octanol–water partition coefficient (Wildman–Crippen LogP) is 1.48. The molecule has 6 nitrogen and oxygen atoms in total. The fourth-order valence-electron chi connectivity index (χ4n) is 1.50. The first-order valence-corrected chi connectivity index (χ1v) is 6.24. The van der Waals surface area contributed by atoms with Crippen LogP contribution in [0.5, 0.6) is 0 Å². The van der Waals surface area contributed by atoms with Crippen molar-refractivity contribution in [2.24, 2.45) is 0 Å². The molecule has 0 aliphatic rings. The maximum absolute atomic E-state index is 11.4. The van der Waals surface area contributed by atoms with Gasteiger partial charge in [0, 0.05) is 35.5 Å². The Morgan fingerprint density at radius 3 is 2.62 bits per heavy atom. The second kappa shape index (κ2) is 3.31. The topological polar surface area (TPSA) is 93.1 Å². The Labute approximate surface area is 91.0 Å². The van der Waals surface area contributed by atoms with Crippen LogP contribution in [-0.2, 0) is 9.84 Å². The summed E-state index contributed by atoms with van der Waals surface area (Å²) in [6, 6.07) is 4.06. The second-order valence-corrected chi connectivity index (χ2v) is 5.40. The molecule has 0 spiro atoms. The fraction of sp³-hybridized carbons (Fsp3) is 0.111. The highest BCUT2D eigenvalue weighted by molar-refractivity contribution is 7.91. The SMILES string of the molecule is CS(=O)(=O)c1c[nH]c2ccc([N+](=O)[O-])cc12. The van der Waals surface area contributed by atoms with Gasteiger partial charge in [0.05, 0.1) is 9.82 Å². The molecule has 0 unspecified atom stereocenters. The summed E-state index contributed by atoms with van der Waals surface area (Å²) in [5.41, 5.74) is 0.433. The molecule has 0 saturated heterocycles. The van der Waals surface area contributed by atoms with E-state index in [0.29, 0.717) is 10.9 Å². The summed E-state index contributed by atoms with van der Waals surface area (Å²) in [7, 11) is -3.38. The number of hydrogen-bond donors (Lipinski definition) is 1. The summed E-state index contributed by atoms with van der Waals surface area (Å²) < 4.78 is 22.8. The molecule has 1 N–H and O–H groups in total. The van der Waals surface area contributed by atoms with E-state index in [0.717, 1.165) is 6.26 Å². The van der Waals surface area contributed by atoms with E-state index < -0.39 is 14.8 Å². The number of nitrogens with one attached hydrogen (secondary N) is 1. The van der Waals surface area contributed by atoms with Crippen LogP contribution >= 0.6 is 0 Å². The number of rotatable bonds is 2. The third-order valence-corrected chi connectivity index (χ3v) is 3.37. The Balaban J connectivity index is 2.80. The van der Waals surface area contributed by atoms with Crippen LogP contribution in [0.4, 0.5) is 5.69 Å². The Hall–Kier alpha value is -1.89. The largest absolute Gasteiger partial charge is 0.360 e. The molecule has 2 rings (SSSR count). The third kappa shape index (κ3) is 1.65. The van der Waals surface area contributed by atoms with Gasteiger partial charge in [0.2, 0.25) is 0 Å². The van der Waals surface area contributed by atoms with Gasteiger partial charge in [-0.05, 0) is 6.07 Å². The first-order chi connectivity index (χ1) is 7.39. The number of non-ortho nitro benzene ring substituents is 1. The van der Waals surface area contributed by atoms with E-state index in [4.69, 9.17) is 0 Å². The minimum absolute atomic E-state index is 0.0752. The van der Waals surface area contributed by atoms with Crippen LogP contribution in [-0.4, -0.2) is 24.6 Å². The van der Waals surface area contributed by atoms with Gasteiger partial charge >= 0.3 is 0 Å². The van der Waals surface area contributed by atoms with E-state index in [1.807, 2.05) is 0 Å². The van der Waals surface area contributed by atoms with Crippen molar-refractivity contribution in [2.75, 3.05) is 6.26 Å². The molecule has 0 saturated carbocycles. The normalized spacial score (nSPS) is 11.8. The zero-order valence-electron chi connectivity index (χ0n) is 8.30. The molecule has 16 heavy (non-hydrogen) atoms. The van der Waals surface area contributed by atoms with E-state index in [1.165, 1.54) is 24.4 Å². The molecule has 0 radical (unpaired) electrons. The predicted molar refractivity (Wildman–Crippen MR) is 58.1 cm³/mol. The smallest absolute Gasteiger partial charge is 0.270 e. The molecule has 0 amide bonds. The first kappa shape index (κ1) is 10.6. The van der Waals surface area contributed by atoms with Gasteiger partial charge in [0.25, 0.3) is 5.69 Å². The van der Waals surface area contributed by atoms with Crippen LogP contribution in [0, 0.1) is 10.1 Å². The Kier molecular flexibility index (Phi) is 2.20. The lowest BCUT2D eigenvalue weighted by Gasteiger charge is -1.95. The van der Waals surface area contributed by atoms with Gasteiger partial charge in [0.1, 0.15) is 0 Å². The zero-order chi connectivity index (χ0) is 11.9. The number of hydrogen-bond acceptors (Lipinski definition) is 4. The van der Waals surface area contributed by atoms with E-state index in [9.17, 15) is 18.5 Å². The monoisotopic (exact) mass is 240 g/mol. The number of benzene rings is 1. The summed E-state index contributed by atoms with van der Waals surface area (Å²) in [6.07, 6.45) is 2.40. The molecule has 0 atom stereocenters. The van der Waals surface area contributed by atoms with Gasteiger partial charge < -0.3 is 4.98 Å². The molecule has 2 aromatic rings. The zero-order valence-corrected chi connectivity index (χ0v) is 9.11. The average molecular weight is 240 g/mol. The summed E-state index contributed by atoms with van der Waals surface area (Å²) in [4.78, 5) is 12.9. The molecule has 0 aliphatic carbocycles. The molecule has 1 aromatic heterocycles. The number of fused-ring (bicyclic) bond motifs is 1. The van der Waals surface area contributed by atoms with Crippen molar-refractivity contribution >= 4 is 26.4 Å². The van der Waals surface area contributed by atoms with Crippen LogP contribution in [0.3, 0.4) is 0 Å². The van der Waals surface area contributed by atoms with Gasteiger partial charge in [-0.15, -0.1) is 0 Å². The van der Waals surface area contributed by atoms with E-state index >= 15 is 0 Å². The van der Waals surface area contributed by atoms with E-state index in [2.05, 4.69) is 4.98 Å². The summed E-state index contributed by atoms with van der Waals surface area (Å²) in [5, 5.41) is 10.9. The second-order valence-electron chi connectivity index (χ2n) is 3.41. The van der Waals surface area contributed by atoms with Crippen LogP contribution in [0.2, 0.25) is 0 Å². The van der Waals surface area contributed by atoms with Crippen molar-refractivity contribution in [3.05, 3.63) is 34.5 Å². The molecule has 0 fully saturated rings. The van der Waals surface area contributed by atoms with Crippen molar-refractivity contribution in [3.8, 4) is 0 Å². The van der Waals surface area contributed by atoms with E-state index in [1.54, 1.807) is 0 Å². The van der Waals surface area contributed by atoms with Crippen molar-refractivity contribution in [2.45, 2.75) is 4.90 Å². The third-order valence-electron chi connectivity index (χ3n) is 2.24. The molecule has 1 aromatic carbocycles. The van der Waals surface area contributed by atoms with Crippen LogP contribution in [0.1, 0.15) is 0 Å². The number of nitrogens with zero attached hydrogens (tertiary/aromatic N) is 1. The minimum atomic E-state index is -3.38. The Bertz CT molecular complexity index is 672. The standard InChI is InChI=1S/C9H8N2O4S/c1-16(14,15)9-5-10-8-3-2-6(11(12)13)4-7(8)9/h2-5,10H,1H3. The Morgan fingerprint density at radius 2 is 2.06 bits per heavy atom. The lowest BCUT2D eigenvalue weighted by Crippen LogP contribution is -1.95. The highest BCUT2D eigenvalue weighted by atomic mass is 32.2. The maximum atomic E-state index is 11.4. The average Bonchev–Trinajstić information content (AvgIpc) is 2.58.